The number of aliphatic hydroxyl groups is 3. The van der Waals surface area contributed by atoms with E-state index in [1.165, 1.54) is 38.1 Å². The van der Waals surface area contributed by atoms with Crippen molar-refractivity contribution in [3.05, 3.63) is 29.8 Å². The van der Waals surface area contributed by atoms with Crippen LogP contribution in [-0.2, 0) is 112 Å². The molecule has 20 amide bonds. The monoisotopic (exact) mass is 1920 g/mol. The molecule has 0 unspecified atom stereocenters. The van der Waals surface area contributed by atoms with Gasteiger partial charge in [0.2, 0.25) is 118 Å². The van der Waals surface area contributed by atoms with Gasteiger partial charge in [-0.1, -0.05) is 87.8 Å². The van der Waals surface area contributed by atoms with Gasteiger partial charge in [-0.3, -0.25) is 111 Å². The van der Waals surface area contributed by atoms with E-state index in [1.54, 1.807) is 62.3 Å². The number of carboxylic acids is 2. The first-order chi connectivity index (χ1) is 62.5. The Morgan fingerprint density at radius 2 is 0.776 bits per heavy atom. The Kier molecular flexibility index (Phi) is 54.0. The Morgan fingerprint density at radius 1 is 0.403 bits per heavy atom. The van der Waals surface area contributed by atoms with Gasteiger partial charge in [0, 0.05) is 38.5 Å². The number of aromatic hydroxyl groups is 1. The quantitative estimate of drug-likeness (QED) is 0.0164. The molecule has 17 atom stereocenters. The van der Waals surface area contributed by atoms with Crippen LogP contribution in [0.1, 0.15) is 166 Å². The summed E-state index contributed by atoms with van der Waals surface area (Å²) in [5.74, 6) is -27.8. The first-order valence-electron chi connectivity index (χ1n) is 43.2. The van der Waals surface area contributed by atoms with Gasteiger partial charge in [0.1, 0.15) is 96.4 Å². The standard InChI is InChI=1S/C82H135N23O28S/c1-14-41(10)65(80(132)91-42(11)68(120)103-64(40(8)9)79(131)101-50(26-37(2)3)69(121)90-32-61(114)93-57(67(85)119)35-134-36-59(84)112)104-81(133)66(43(12)108)105-76(128)54(30-58(83)111)100-75(127)53(29-45-17-19-46(110)20-18-45)99-74(126)52(28-39(6)7)98-78(130)56(34-107)102-70(122)47(16-15-25-88-82(86)87)94-73(125)51(27-38(4)5)97-72(124)49(22-24-63(117)118)95-71(123)48(21-23-62(115)116)96-77(129)55(33-106)92-60(113)31-89-44(13)109/h17-20,37-43,47-57,64-66,106-108,110H,14-16,21-36H2,1-13H3,(H2,83,111)(H2,84,112)(H2,85,119)(H,89,109)(H,90,121)(H,91,132)(H,92,113)(H,93,114)(H,94,125)(H,95,123)(H,96,129)(H,97,124)(H,98,130)(H,99,126)(H,100,127)(H,101,131)(H,102,122)(H,103,120)(H,104,133)(H,105,128)(H,115,116)(H,117,118)(H4,86,87,88)/t41-,42-,43+,47-,48-,49-,50-,51-,52-,53-,54-,55-,56-,57-,64-,65-,66-/m0/s1. The molecule has 0 spiro atoms. The number of aliphatic carboxylic acids is 2. The second-order valence-electron chi connectivity index (χ2n) is 33.5. The first kappa shape index (κ1) is 119. The van der Waals surface area contributed by atoms with Gasteiger partial charge < -0.3 is 149 Å². The number of primary amides is 3. The van der Waals surface area contributed by atoms with Crippen LogP contribution in [0.2, 0.25) is 0 Å². The molecule has 0 radical (unpaired) electrons. The molecule has 0 saturated carbocycles. The lowest BCUT2D eigenvalue weighted by Crippen LogP contribution is -2.63. The number of phenols is 1. The van der Waals surface area contributed by atoms with Crippen LogP contribution in [0.3, 0.4) is 0 Å². The predicted octanol–water partition coefficient (Wildman–Crippen LogP) is -9.74. The van der Waals surface area contributed by atoms with Crippen molar-refractivity contribution < 1.29 is 136 Å². The maximum Gasteiger partial charge on any atom is 0.303 e. The third kappa shape index (κ3) is 46.8. The summed E-state index contributed by atoms with van der Waals surface area (Å²) in [4.78, 5) is 295. The molecule has 1 aromatic rings. The third-order valence-corrected chi connectivity index (χ3v) is 20.9. The SMILES string of the molecule is CC[C@H](C)[C@H](NC(=O)[C@@H](NC(=O)[C@H](CC(N)=O)NC(=O)[C@H](Cc1ccc(O)cc1)NC(=O)[C@H](CC(C)C)NC(=O)[C@H](CO)NC(=O)[C@H](CCCNC(=N)N)NC(=O)[C@H](CC(C)C)NC(=O)[C@H](CCC(=O)O)NC(=O)[C@H](CCC(=O)O)NC(=O)[C@H](CO)NC(=O)CNC(C)=O)[C@@H](C)O)C(=O)N[C@@H](C)C(=O)N[C@H](C(=O)N[C@@H](CC(C)C)C(=O)NCC(=O)N[C@@H](CSCC(N)=O)C(N)=O)C(C)C. The molecule has 0 aromatic heterocycles. The van der Waals surface area contributed by atoms with E-state index in [0.29, 0.717) is 0 Å². The van der Waals surface area contributed by atoms with Gasteiger partial charge >= 0.3 is 11.9 Å². The van der Waals surface area contributed by atoms with E-state index in [1.807, 2.05) is 0 Å². The number of carbonyl (C=O) groups excluding carboxylic acids is 20. The summed E-state index contributed by atoms with van der Waals surface area (Å²) in [7, 11) is 0. The van der Waals surface area contributed by atoms with Crippen LogP contribution in [0, 0.1) is 35.0 Å². The molecule has 51 nitrogen and oxygen atoms in total. The summed E-state index contributed by atoms with van der Waals surface area (Å²) in [5, 5.41) is 112. The van der Waals surface area contributed by atoms with Crippen molar-refractivity contribution in [2.24, 2.45) is 52.5 Å². The number of carbonyl (C=O) groups is 22. The van der Waals surface area contributed by atoms with Crippen LogP contribution in [0.4, 0.5) is 0 Å². The van der Waals surface area contributed by atoms with Gasteiger partial charge in [0.25, 0.3) is 0 Å². The third-order valence-electron chi connectivity index (χ3n) is 19.9. The minimum absolute atomic E-state index is 0.0332. The number of amides is 20. The van der Waals surface area contributed by atoms with Crippen molar-refractivity contribution in [2.45, 2.75) is 264 Å². The fourth-order valence-corrected chi connectivity index (χ4v) is 13.3. The van der Waals surface area contributed by atoms with Gasteiger partial charge in [-0.15, -0.1) is 11.8 Å². The summed E-state index contributed by atoms with van der Waals surface area (Å²) in [6, 6.07) is -20.2. The van der Waals surface area contributed by atoms with Crippen molar-refractivity contribution in [2.75, 3.05) is 44.4 Å². The minimum Gasteiger partial charge on any atom is -0.508 e. The number of nitrogens with two attached hydrogens (primary N) is 4. The molecular formula is C82H135N23O28S. The smallest absolute Gasteiger partial charge is 0.303 e. The second-order valence-corrected chi connectivity index (χ2v) is 34.5. The number of guanidine groups is 1. The van der Waals surface area contributed by atoms with Gasteiger partial charge in [-0.05, 0) is 106 Å². The number of phenolic OH excluding ortho intramolecular Hbond substituents is 1. The molecule has 0 fully saturated rings. The second kappa shape index (κ2) is 60.8. The molecule has 0 saturated heterocycles. The highest BCUT2D eigenvalue weighted by atomic mass is 32.2. The predicted molar refractivity (Wildman–Crippen MR) is 479 cm³/mol. The lowest BCUT2D eigenvalue weighted by molar-refractivity contribution is -0.140. The highest BCUT2D eigenvalue weighted by Crippen LogP contribution is 2.18. The molecule has 0 aliphatic rings. The zero-order valence-corrected chi connectivity index (χ0v) is 78.1. The van der Waals surface area contributed by atoms with Crippen molar-refractivity contribution >= 4 is 148 Å². The lowest BCUT2D eigenvalue weighted by atomic mass is 9.97. The Bertz CT molecular complexity index is 4240. The molecule has 33 N–H and O–H groups in total. The Balaban J connectivity index is 3.71. The largest absolute Gasteiger partial charge is 0.508 e. The molecule has 752 valence electrons. The van der Waals surface area contributed by atoms with Crippen LogP contribution in [0.15, 0.2) is 24.3 Å². The van der Waals surface area contributed by atoms with Crippen molar-refractivity contribution in [1.29, 1.82) is 5.41 Å². The van der Waals surface area contributed by atoms with Crippen LogP contribution in [0.5, 0.6) is 5.75 Å². The van der Waals surface area contributed by atoms with Crippen LogP contribution < -0.4 is 119 Å². The minimum atomic E-state index is -2.04. The molecule has 134 heavy (non-hydrogen) atoms. The number of nitrogens with one attached hydrogen (secondary N) is 19. The normalized spacial score (nSPS) is 14.9. The highest BCUT2D eigenvalue weighted by molar-refractivity contribution is 8.00. The molecule has 0 aliphatic carbocycles. The summed E-state index contributed by atoms with van der Waals surface area (Å²) in [5.41, 5.74) is 21.8. The van der Waals surface area contributed by atoms with Crippen LogP contribution >= 0.6 is 11.8 Å². The maximum atomic E-state index is 14.7. The van der Waals surface area contributed by atoms with Gasteiger partial charge in [0.05, 0.1) is 44.6 Å². The molecule has 52 heteroatoms. The number of thioether (sulfide) groups is 1. The van der Waals surface area contributed by atoms with E-state index in [9.17, 15) is 136 Å². The fourth-order valence-electron chi connectivity index (χ4n) is 12.5. The van der Waals surface area contributed by atoms with E-state index in [2.05, 4.69) is 95.7 Å². The molecule has 1 aromatic carbocycles. The highest BCUT2D eigenvalue weighted by Gasteiger charge is 2.41. The summed E-state index contributed by atoms with van der Waals surface area (Å²) >= 11 is 0.932. The Labute approximate surface area is 778 Å². The summed E-state index contributed by atoms with van der Waals surface area (Å²) in [6.45, 7) is 15.9. The summed E-state index contributed by atoms with van der Waals surface area (Å²) in [6.07, 6.45) is -7.08. The Morgan fingerprint density at radius 3 is 1.20 bits per heavy atom. The molecule has 0 heterocycles. The van der Waals surface area contributed by atoms with Gasteiger partial charge in [-0.25, -0.2) is 0 Å². The lowest BCUT2D eigenvalue weighted by Gasteiger charge is -2.30. The molecule has 0 aliphatic heterocycles. The number of aliphatic hydroxyl groups excluding tert-OH is 3. The molecular weight excluding hydrogens is 1790 g/mol. The Hall–Kier alpha value is -13.1. The van der Waals surface area contributed by atoms with E-state index < -0.39 is 321 Å². The van der Waals surface area contributed by atoms with Crippen molar-refractivity contribution in [3.8, 4) is 5.75 Å². The van der Waals surface area contributed by atoms with Crippen molar-refractivity contribution in [3.63, 3.8) is 0 Å². The van der Waals surface area contributed by atoms with Gasteiger partial charge in [0.15, 0.2) is 5.96 Å². The van der Waals surface area contributed by atoms with Crippen LogP contribution in [-0.4, -0.2) is 308 Å². The average molecular weight is 1920 g/mol. The zero-order chi connectivity index (χ0) is 102. The average Bonchev–Trinajstić information content (AvgIpc) is 0.833. The van der Waals surface area contributed by atoms with Gasteiger partial charge in [-0.2, -0.15) is 0 Å². The summed E-state index contributed by atoms with van der Waals surface area (Å²) < 4.78 is 0. The maximum absolute atomic E-state index is 14.7. The molecule has 0 bridgehead atoms. The topological polar surface area (TPSA) is 841 Å². The number of benzene rings is 1. The van der Waals surface area contributed by atoms with E-state index in [0.717, 1.165) is 25.6 Å². The van der Waals surface area contributed by atoms with E-state index in [-0.39, 0.29) is 73.8 Å². The fraction of sp³-hybridized carbons (Fsp3) is 0.646. The number of hydrogen-bond acceptors (Lipinski definition) is 28. The zero-order valence-electron chi connectivity index (χ0n) is 77.3. The number of carboxylic acid groups (broad SMARTS) is 2. The number of rotatable bonds is 64. The number of hydrogen-bond donors (Lipinski definition) is 29. The first-order valence-corrected chi connectivity index (χ1v) is 44.4. The van der Waals surface area contributed by atoms with Crippen LogP contribution in [0.25, 0.3) is 0 Å². The van der Waals surface area contributed by atoms with E-state index in [4.69, 9.17) is 28.3 Å². The van der Waals surface area contributed by atoms with Crippen molar-refractivity contribution in [1.82, 2.24) is 95.7 Å². The van der Waals surface area contributed by atoms with E-state index >= 15 is 0 Å². The molecule has 1 rings (SSSR count).